The minimum atomic E-state index is 0.163. The van der Waals surface area contributed by atoms with E-state index in [9.17, 15) is 0 Å². The van der Waals surface area contributed by atoms with Crippen molar-refractivity contribution in [1.82, 2.24) is 15.1 Å². The summed E-state index contributed by atoms with van der Waals surface area (Å²) in [6, 6.07) is 8.66. The summed E-state index contributed by atoms with van der Waals surface area (Å²) in [6.07, 6.45) is 2.95. The zero-order valence-corrected chi connectivity index (χ0v) is 14.8. The molecule has 1 N–H and O–H groups in total. The third-order valence-electron chi connectivity index (χ3n) is 3.02. The topological polar surface area (TPSA) is 29.9 Å². The maximum atomic E-state index is 4.28. The van der Waals surface area contributed by atoms with E-state index in [1.165, 1.54) is 14.8 Å². The van der Waals surface area contributed by atoms with E-state index in [1.807, 2.05) is 17.9 Å². The van der Waals surface area contributed by atoms with E-state index in [-0.39, 0.29) is 6.04 Å². The third-order valence-corrected chi connectivity index (χ3v) is 4.42. The Morgan fingerprint density at radius 3 is 2.84 bits per heavy atom. The van der Waals surface area contributed by atoms with Crippen LogP contribution in [-0.4, -0.2) is 16.3 Å². The standard InChI is InChI=1S/C14H17BrIN3/c1-3-7-17-14(13-6-8-18-19(13)2)11-9-10(16)4-5-12(11)15/h4-6,8-9,14,17H,3,7H2,1-2H3. The van der Waals surface area contributed by atoms with Gasteiger partial charge in [0.2, 0.25) is 0 Å². The molecule has 0 amide bonds. The molecule has 1 heterocycles. The molecule has 19 heavy (non-hydrogen) atoms. The molecule has 0 bridgehead atoms. The molecule has 0 spiro atoms. The second-order valence-electron chi connectivity index (χ2n) is 4.43. The molecule has 1 aromatic carbocycles. The molecular weight excluding hydrogens is 417 g/mol. The van der Waals surface area contributed by atoms with Gasteiger partial charge in [0.1, 0.15) is 0 Å². The van der Waals surface area contributed by atoms with Gasteiger partial charge in [0, 0.05) is 21.3 Å². The van der Waals surface area contributed by atoms with Crippen LogP contribution >= 0.6 is 38.5 Å². The van der Waals surface area contributed by atoms with Crippen molar-refractivity contribution in [3.8, 4) is 0 Å². The molecule has 0 aliphatic rings. The van der Waals surface area contributed by atoms with Crippen LogP contribution in [0.2, 0.25) is 0 Å². The summed E-state index contributed by atoms with van der Waals surface area (Å²) in [5, 5.41) is 7.89. The predicted molar refractivity (Wildman–Crippen MR) is 90.2 cm³/mol. The second kappa shape index (κ2) is 6.85. The van der Waals surface area contributed by atoms with Crippen molar-refractivity contribution in [1.29, 1.82) is 0 Å². The average Bonchev–Trinajstić information content (AvgIpc) is 2.80. The number of halogens is 2. The summed E-state index contributed by atoms with van der Waals surface area (Å²) in [7, 11) is 1.98. The van der Waals surface area contributed by atoms with Gasteiger partial charge in [-0.15, -0.1) is 0 Å². The lowest BCUT2D eigenvalue weighted by Gasteiger charge is -2.21. The molecule has 2 aromatic rings. The van der Waals surface area contributed by atoms with E-state index in [0.717, 1.165) is 17.4 Å². The van der Waals surface area contributed by atoms with E-state index in [4.69, 9.17) is 0 Å². The van der Waals surface area contributed by atoms with Crippen LogP contribution in [0.15, 0.2) is 34.9 Å². The van der Waals surface area contributed by atoms with E-state index in [1.54, 1.807) is 0 Å². The molecule has 0 fully saturated rings. The molecule has 1 unspecified atom stereocenters. The van der Waals surface area contributed by atoms with E-state index in [2.05, 4.69) is 80.1 Å². The number of aromatic nitrogens is 2. The number of rotatable bonds is 5. The van der Waals surface area contributed by atoms with Gasteiger partial charge in [0.25, 0.3) is 0 Å². The van der Waals surface area contributed by atoms with Crippen LogP contribution in [0.3, 0.4) is 0 Å². The summed E-state index contributed by atoms with van der Waals surface area (Å²) < 4.78 is 4.29. The molecule has 0 radical (unpaired) electrons. The fourth-order valence-electron chi connectivity index (χ4n) is 2.07. The van der Waals surface area contributed by atoms with Crippen molar-refractivity contribution >= 4 is 38.5 Å². The van der Waals surface area contributed by atoms with Crippen LogP contribution in [0.4, 0.5) is 0 Å². The van der Waals surface area contributed by atoms with Gasteiger partial charge in [0.05, 0.1) is 11.7 Å². The Morgan fingerprint density at radius 2 is 2.21 bits per heavy atom. The fourth-order valence-corrected chi connectivity index (χ4v) is 3.06. The Balaban J connectivity index is 2.42. The predicted octanol–water partition coefficient (Wildman–Crippen LogP) is 3.88. The lowest BCUT2D eigenvalue weighted by atomic mass is 10.0. The summed E-state index contributed by atoms with van der Waals surface area (Å²) in [5.41, 5.74) is 2.43. The Bertz CT molecular complexity index is 553. The maximum Gasteiger partial charge on any atom is 0.0759 e. The second-order valence-corrected chi connectivity index (χ2v) is 6.53. The first-order valence-electron chi connectivity index (χ1n) is 6.29. The zero-order chi connectivity index (χ0) is 13.8. The lowest BCUT2D eigenvalue weighted by molar-refractivity contribution is 0.552. The minimum Gasteiger partial charge on any atom is -0.305 e. The van der Waals surface area contributed by atoms with Gasteiger partial charge in [-0.25, -0.2) is 0 Å². The number of benzene rings is 1. The number of nitrogens with one attached hydrogen (secondary N) is 1. The van der Waals surface area contributed by atoms with Crippen LogP contribution in [0.5, 0.6) is 0 Å². The molecule has 1 atom stereocenters. The minimum absolute atomic E-state index is 0.163. The van der Waals surface area contributed by atoms with Gasteiger partial charge in [-0.2, -0.15) is 5.10 Å². The van der Waals surface area contributed by atoms with Crippen molar-refractivity contribution in [3.63, 3.8) is 0 Å². The monoisotopic (exact) mass is 433 g/mol. The number of aryl methyl sites for hydroxylation is 1. The molecule has 5 heteroatoms. The molecule has 102 valence electrons. The van der Waals surface area contributed by atoms with Crippen molar-refractivity contribution in [2.24, 2.45) is 7.05 Å². The van der Waals surface area contributed by atoms with Crippen LogP contribution in [0, 0.1) is 3.57 Å². The van der Waals surface area contributed by atoms with Gasteiger partial charge < -0.3 is 5.32 Å². The summed E-state index contributed by atoms with van der Waals surface area (Å²) >= 11 is 6.01. The van der Waals surface area contributed by atoms with E-state index < -0.39 is 0 Å². The molecule has 1 aromatic heterocycles. The highest BCUT2D eigenvalue weighted by atomic mass is 127. The highest BCUT2D eigenvalue weighted by Crippen LogP contribution is 2.29. The summed E-state index contributed by atoms with van der Waals surface area (Å²) in [6.45, 7) is 3.16. The van der Waals surface area contributed by atoms with Crippen molar-refractivity contribution in [2.45, 2.75) is 19.4 Å². The maximum absolute atomic E-state index is 4.28. The Morgan fingerprint density at radius 1 is 1.42 bits per heavy atom. The van der Waals surface area contributed by atoms with Crippen LogP contribution in [0.25, 0.3) is 0 Å². The molecule has 0 aliphatic carbocycles. The first-order valence-corrected chi connectivity index (χ1v) is 8.17. The molecule has 0 aliphatic heterocycles. The van der Waals surface area contributed by atoms with Gasteiger partial charge in [-0.1, -0.05) is 22.9 Å². The molecule has 0 saturated heterocycles. The number of hydrogen-bond donors (Lipinski definition) is 1. The van der Waals surface area contributed by atoms with Crippen LogP contribution < -0.4 is 5.32 Å². The van der Waals surface area contributed by atoms with Gasteiger partial charge in [-0.3, -0.25) is 4.68 Å². The fraction of sp³-hybridized carbons (Fsp3) is 0.357. The normalized spacial score (nSPS) is 12.6. The average molecular weight is 434 g/mol. The molecule has 3 nitrogen and oxygen atoms in total. The first kappa shape index (κ1) is 15.0. The summed E-state index contributed by atoms with van der Waals surface area (Å²) in [4.78, 5) is 0. The quantitative estimate of drug-likeness (QED) is 0.725. The van der Waals surface area contributed by atoms with Gasteiger partial charge >= 0.3 is 0 Å². The first-order chi connectivity index (χ1) is 9.13. The number of nitrogens with zero attached hydrogens (tertiary/aromatic N) is 2. The molecule has 0 saturated carbocycles. The third kappa shape index (κ3) is 3.58. The molecule has 2 rings (SSSR count). The highest BCUT2D eigenvalue weighted by molar-refractivity contribution is 14.1. The lowest BCUT2D eigenvalue weighted by Crippen LogP contribution is -2.25. The SMILES string of the molecule is CCCNC(c1cc(I)ccc1Br)c1ccnn1C. The Labute approximate surface area is 136 Å². The number of hydrogen-bond acceptors (Lipinski definition) is 2. The van der Waals surface area contributed by atoms with E-state index in [0.29, 0.717) is 0 Å². The van der Waals surface area contributed by atoms with E-state index >= 15 is 0 Å². The Hall–Kier alpha value is -0.400. The van der Waals surface area contributed by atoms with Crippen LogP contribution in [-0.2, 0) is 7.05 Å². The van der Waals surface area contributed by atoms with Gasteiger partial charge in [0.15, 0.2) is 0 Å². The van der Waals surface area contributed by atoms with Crippen molar-refractivity contribution in [3.05, 3.63) is 49.8 Å². The largest absolute Gasteiger partial charge is 0.305 e. The van der Waals surface area contributed by atoms with Gasteiger partial charge in [-0.05, 0) is 65.4 Å². The summed E-state index contributed by atoms with van der Waals surface area (Å²) in [5.74, 6) is 0. The highest BCUT2D eigenvalue weighted by Gasteiger charge is 2.19. The molecular formula is C14H17BrIN3. The van der Waals surface area contributed by atoms with Crippen molar-refractivity contribution in [2.75, 3.05) is 6.54 Å². The van der Waals surface area contributed by atoms with Crippen molar-refractivity contribution < 1.29 is 0 Å². The van der Waals surface area contributed by atoms with Crippen LogP contribution in [0.1, 0.15) is 30.6 Å². The smallest absolute Gasteiger partial charge is 0.0759 e. The Kier molecular flexibility index (Phi) is 5.41. The zero-order valence-electron chi connectivity index (χ0n) is 11.0.